The number of halogens is 3. The molecule has 10 heteroatoms. The van der Waals surface area contributed by atoms with E-state index >= 15 is 0 Å². The van der Waals surface area contributed by atoms with E-state index in [4.69, 9.17) is 21.7 Å². The van der Waals surface area contributed by atoms with Crippen molar-refractivity contribution in [3.05, 3.63) is 62.4 Å². The Kier molecular flexibility index (Phi) is 7.01. The van der Waals surface area contributed by atoms with Gasteiger partial charge in [-0.15, -0.1) is 0 Å². The van der Waals surface area contributed by atoms with Crippen molar-refractivity contribution < 1.29 is 27.8 Å². The van der Waals surface area contributed by atoms with Gasteiger partial charge in [0.15, 0.2) is 15.5 Å². The van der Waals surface area contributed by atoms with Crippen molar-refractivity contribution in [2.24, 2.45) is 4.99 Å². The fourth-order valence-electron chi connectivity index (χ4n) is 2.87. The summed E-state index contributed by atoms with van der Waals surface area (Å²) in [6, 6.07) is 10.2. The van der Waals surface area contributed by atoms with E-state index in [9.17, 15) is 18.3 Å². The lowest BCUT2D eigenvalue weighted by atomic mass is 10.1. The van der Waals surface area contributed by atoms with E-state index < -0.39 is 11.7 Å². The Labute approximate surface area is 186 Å². The molecule has 0 radical (unpaired) electrons. The molecule has 31 heavy (non-hydrogen) atoms. The van der Waals surface area contributed by atoms with Crippen LogP contribution in [-0.4, -0.2) is 30.1 Å². The van der Waals surface area contributed by atoms with Crippen LogP contribution in [0.1, 0.15) is 16.0 Å². The smallest absolute Gasteiger partial charge is 0.416 e. The summed E-state index contributed by atoms with van der Waals surface area (Å²) in [6.07, 6.45) is -2.56. The number of aromatic nitrogens is 1. The molecule has 5 nitrogen and oxygen atoms in total. The van der Waals surface area contributed by atoms with Gasteiger partial charge in [-0.05, 0) is 54.5 Å². The number of rotatable bonds is 7. The van der Waals surface area contributed by atoms with Crippen LogP contribution in [-0.2, 0) is 19.1 Å². The molecule has 2 aromatic carbocycles. The second-order valence-electron chi connectivity index (χ2n) is 6.45. The Hall–Kier alpha value is -2.85. The zero-order valence-corrected chi connectivity index (χ0v) is 18.3. The lowest BCUT2D eigenvalue weighted by molar-refractivity contribution is -0.137. The first-order valence-corrected chi connectivity index (χ1v) is 10.3. The van der Waals surface area contributed by atoms with Crippen LogP contribution in [0.25, 0.3) is 0 Å². The first kappa shape index (κ1) is 22.8. The fraction of sp³-hybridized carbons (Fsp3) is 0.238. The van der Waals surface area contributed by atoms with E-state index in [0.717, 1.165) is 29.0 Å². The van der Waals surface area contributed by atoms with Crippen molar-refractivity contribution in [3.8, 4) is 17.4 Å². The summed E-state index contributed by atoms with van der Waals surface area (Å²) >= 11 is 6.46. The van der Waals surface area contributed by atoms with E-state index in [0.29, 0.717) is 33.3 Å². The van der Waals surface area contributed by atoms with Gasteiger partial charge in [0.25, 0.3) is 0 Å². The number of aromatic hydroxyl groups is 1. The summed E-state index contributed by atoms with van der Waals surface area (Å²) in [4.78, 5) is 4.43. The van der Waals surface area contributed by atoms with Gasteiger partial charge in [0.1, 0.15) is 4.88 Å². The summed E-state index contributed by atoms with van der Waals surface area (Å²) in [5.74, 6) is 1.15. The number of thiazole rings is 1. The Morgan fingerprint density at radius 1 is 1.13 bits per heavy atom. The monoisotopic (exact) mass is 468 g/mol. The normalized spacial score (nSPS) is 11.8. The van der Waals surface area contributed by atoms with Gasteiger partial charge in [-0.1, -0.05) is 23.5 Å². The molecule has 0 spiro atoms. The predicted octanol–water partition coefficient (Wildman–Crippen LogP) is 6.01. The van der Waals surface area contributed by atoms with Crippen molar-refractivity contribution in [1.82, 2.24) is 4.57 Å². The molecule has 0 amide bonds. The molecule has 0 aliphatic rings. The molecule has 0 fully saturated rings. The lowest BCUT2D eigenvalue weighted by Crippen LogP contribution is -2.03. The van der Waals surface area contributed by atoms with E-state index in [1.165, 1.54) is 18.3 Å². The molecular weight excluding hydrogens is 449 g/mol. The van der Waals surface area contributed by atoms with Crippen molar-refractivity contribution in [2.45, 2.75) is 19.1 Å². The Morgan fingerprint density at radius 3 is 2.55 bits per heavy atom. The van der Waals surface area contributed by atoms with Crippen molar-refractivity contribution in [2.75, 3.05) is 14.2 Å². The third-order valence-corrected chi connectivity index (χ3v) is 5.84. The topological polar surface area (TPSA) is 56.0 Å². The lowest BCUT2D eigenvalue weighted by Gasteiger charge is -2.10. The van der Waals surface area contributed by atoms with E-state index in [-0.39, 0.29) is 11.6 Å². The van der Waals surface area contributed by atoms with Gasteiger partial charge in [-0.3, -0.25) is 9.56 Å². The molecular formula is C21H19F3N2O3S2. The zero-order chi connectivity index (χ0) is 22.6. The predicted molar refractivity (Wildman–Crippen MR) is 117 cm³/mol. The zero-order valence-electron chi connectivity index (χ0n) is 16.6. The molecule has 0 unspecified atom stereocenters. The standard InChI is InChI=1S/C21H19F3N2O3S2/c1-28-16-7-6-13(10-17(16)29-2)8-9-26-19(27)18(31-20(26)30)12-25-15-5-3-4-14(11-15)21(22,23)24/h3-7,10-12,27H,8-9H2,1-2H3. The average Bonchev–Trinajstić information content (AvgIpc) is 3.02. The van der Waals surface area contributed by atoms with Gasteiger partial charge in [0.05, 0.1) is 31.7 Å². The van der Waals surface area contributed by atoms with Gasteiger partial charge in [0.2, 0.25) is 5.88 Å². The summed E-state index contributed by atoms with van der Waals surface area (Å²) in [5.41, 5.74) is 0.307. The van der Waals surface area contributed by atoms with Crippen molar-refractivity contribution in [3.63, 3.8) is 0 Å². The summed E-state index contributed by atoms with van der Waals surface area (Å²) in [7, 11) is 3.11. The maximum absolute atomic E-state index is 12.8. The Morgan fingerprint density at radius 2 is 1.87 bits per heavy atom. The third kappa shape index (κ3) is 5.45. The van der Waals surface area contributed by atoms with Crippen LogP contribution in [0.5, 0.6) is 17.4 Å². The number of ether oxygens (including phenoxy) is 2. The molecule has 0 atom stereocenters. The molecule has 0 bridgehead atoms. The van der Waals surface area contributed by atoms with E-state index in [1.807, 2.05) is 12.1 Å². The molecule has 1 N–H and O–H groups in total. The minimum Gasteiger partial charge on any atom is -0.493 e. The molecule has 0 aliphatic carbocycles. The van der Waals surface area contributed by atoms with Crippen LogP contribution >= 0.6 is 23.6 Å². The average molecular weight is 469 g/mol. The van der Waals surface area contributed by atoms with E-state index in [1.54, 1.807) is 24.9 Å². The number of hydrogen-bond donors (Lipinski definition) is 1. The maximum atomic E-state index is 12.8. The molecule has 1 aromatic heterocycles. The summed E-state index contributed by atoms with van der Waals surface area (Å²) < 4.78 is 51.0. The van der Waals surface area contributed by atoms with Gasteiger partial charge in [0, 0.05) is 6.54 Å². The third-order valence-electron chi connectivity index (χ3n) is 4.47. The van der Waals surface area contributed by atoms with Crippen LogP contribution in [0.3, 0.4) is 0 Å². The van der Waals surface area contributed by atoms with Gasteiger partial charge in [-0.2, -0.15) is 13.2 Å². The molecule has 0 saturated heterocycles. The van der Waals surface area contributed by atoms with Gasteiger partial charge >= 0.3 is 6.18 Å². The second kappa shape index (κ2) is 9.52. The van der Waals surface area contributed by atoms with Crippen LogP contribution in [0.15, 0.2) is 47.5 Å². The highest BCUT2D eigenvalue weighted by Gasteiger charge is 2.30. The number of aliphatic imine (C=N–C) groups is 1. The highest BCUT2D eigenvalue weighted by atomic mass is 32.1. The maximum Gasteiger partial charge on any atom is 0.416 e. The fourth-order valence-corrected chi connectivity index (χ4v) is 4.10. The summed E-state index contributed by atoms with van der Waals surface area (Å²) in [6.45, 7) is 0.411. The Bertz CT molecular complexity index is 1150. The number of aryl methyl sites for hydroxylation is 1. The number of benzene rings is 2. The van der Waals surface area contributed by atoms with E-state index in [2.05, 4.69) is 4.99 Å². The number of alkyl halides is 3. The molecule has 1 heterocycles. The molecule has 164 valence electrons. The Balaban J connectivity index is 1.77. The minimum absolute atomic E-state index is 0.0776. The first-order valence-electron chi connectivity index (χ1n) is 9.07. The number of nitrogens with zero attached hydrogens (tertiary/aromatic N) is 2. The molecule has 3 aromatic rings. The molecule has 0 saturated carbocycles. The van der Waals surface area contributed by atoms with Crippen molar-refractivity contribution >= 4 is 35.5 Å². The van der Waals surface area contributed by atoms with Crippen LogP contribution < -0.4 is 9.47 Å². The number of methoxy groups -OCH3 is 2. The number of hydrogen-bond acceptors (Lipinski definition) is 6. The van der Waals surface area contributed by atoms with Crippen LogP contribution in [0.2, 0.25) is 0 Å². The van der Waals surface area contributed by atoms with Gasteiger partial charge < -0.3 is 14.6 Å². The molecule has 0 aliphatic heterocycles. The molecule has 3 rings (SSSR count). The van der Waals surface area contributed by atoms with Crippen molar-refractivity contribution in [1.29, 1.82) is 0 Å². The summed E-state index contributed by atoms with van der Waals surface area (Å²) in [5, 5.41) is 10.5. The SMILES string of the molecule is COc1ccc(CCn2c(O)c(C=Nc3cccc(C(F)(F)F)c3)sc2=S)cc1OC. The van der Waals surface area contributed by atoms with Crippen LogP contribution in [0.4, 0.5) is 18.9 Å². The highest BCUT2D eigenvalue weighted by molar-refractivity contribution is 7.73. The minimum atomic E-state index is -4.45. The first-order chi connectivity index (χ1) is 14.7. The second-order valence-corrected chi connectivity index (χ2v) is 8.13. The quantitative estimate of drug-likeness (QED) is 0.341. The largest absolute Gasteiger partial charge is 0.493 e. The van der Waals surface area contributed by atoms with Gasteiger partial charge in [-0.25, -0.2) is 0 Å². The highest BCUT2D eigenvalue weighted by Crippen LogP contribution is 2.32. The van der Waals surface area contributed by atoms with Crippen LogP contribution in [0, 0.1) is 3.95 Å².